The number of benzene rings is 2. The first-order chi connectivity index (χ1) is 15.4. The van der Waals surface area contributed by atoms with Crippen LogP contribution in [-0.2, 0) is 11.4 Å². The van der Waals surface area contributed by atoms with Crippen LogP contribution in [-0.4, -0.2) is 22.3 Å². The predicted molar refractivity (Wildman–Crippen MR) is 133 cm³/mol. The summed E-state index contributed by atoms with van der Waals surface area (Å²) < 4.78 is 12.2. The van der Waals surface area contributed by atoms with Gasteiger partial charge in [0, 0.05) is 11.8 Å². The Bertz CT molecular complexity index is 1230. The Hall–Kier alpha value is -2.58. The number of pyridine rings is 1. The van der Waals surface area contributed by atoms with Gasteiger partial charge in [-0.1, -0.05) is 59.3 Å². The molecular weight excluding hydrogens is 487 g/mol. The molecule has 1 N–H and O–H groups in total. The van der Waals surface area contributed by atoms with E-state index in [2.05, 4.69) is 10.3 Å². The number of ether oxygens (including phenoxy) is 2. The maximum atomic E-state index is 12.1. The van der Waals surface area contributed by atoms with Crippen LogP contribution in [0, 0.1) is 0 Å². The summed E-state index contributed by atoms with van der Waals surface area (Å²) in [5, 5.41) is 3.48. The quantitative estimate of drug-likeness (QED) is 0.323. The summed E-state index contributed by atoms with van der Waals surface area (Å²) in [4.78, 5) is 16.9. The maximum absolute atomic E-state index is 12.1. The molecule has 0 atom stereocenters. The van der Waals surface area contributed by atoms with Gasteiger partial charge >= 0.3 is 0 Å². The van der Waals surface area contributed by atoms with Gasteiger partial charge in [0.1, 0.15) is 10.9 Å². The molecule has 32 heavy (non-hydrogen) atoms. The van der Waals surface area contributed by atoms with Gasteiger partial charge in [-0.3, -0.25) is 9.78 Å². The molecular formula is C23H16Cl2N2O3S2. The third kappa shape index (κ3) is 5.07. The van der Waals surface area contributed by atoms with Crippen molar-refractivity contribution in [2.24, 2.45) is 0 Å². The van der Waals surface area contributed by atoms with Crippen molar-refractivity contribution in [3.63, 3.8) is 0 Å². The van der Waals surface area contributed by atoms with Crippen LogP contribution in [0.5, 0.6) is 11.5 Å². The van der Waals surface area contributed by atoms with Gasteiger partial charge in [0.25, 0.3) is 5.91 Å². The Balaban J connectivity index is 1.81. The second-order valence-electron chi connectivity index (χ2n) is 6.69. The summed E-state index contributed by atoms with van der Waals surface area (Å²) in [7, 11) is 1.56. The van der Waals surface area contributed by atoms with Crippen LogP contribution >= 0.6 is 47.2 Å². The fourth-order valence-corrected chi connectivity index (χ4v) is 4.43. The lowest BCUT2D eigenvalue weighted by molar-refractivity contribution is -0.115. The minimum absolute atomic E-state index is 0.231. The van der Waals surface area contributed by atoms with Crippen molar-refractivity contribution in [1.29, 1.82) is 0 Å². The standard InChI is InChI=1S/C23H16Cl2N2O3S2/c1-29-19-9-13(10-20-22(28)27-23(31)32-20)8-16(14-5-6-17(24)18(25)11-14)21(19)30-12-15-4-2-3-7-26-15/h2-11H,12H2,1H3,(H,27,28,31)/b20-10-. The lowest BCUT2D eigenvalue weighted by Crippen LogP contribution is -2.17. The van der Waals surface area contributed by atoms with E-state index in [9.17, 15) is 4.79 Å². The number of hydrogen-bond donors (Lipinski definition) is 1. The van der Waals surface area contributed by atoms with Crippen molar-refractivity contribution in [1.82, 2.24) is 10.3 Å². The average molecular weight is 503 g/mol. The molecule has 0 aliphatic carbocycles. The summed E-state index contributed by atoms with van der Waals surface area (Å²) in [6, 6.07) is 14.6. The zero-order chi connectivity index (χ0) is 22.7. The van der Waals surface area contributed by atoms with Crippen LogP contribution in [0.1, 0.15) is 11.3 Å². The molecule has 0 unspecified atom stereocenters. The van der Waals surface area contributed by atoms with E-state index < -0.39 is 0 Å². The number of thioether (sulfide) groups is 1. The fraction of sp³-hybridized carbons (Fsp3) is 0.0870. The maximum Gasteiger partial charge on any atom is 0.263 e. The zero-order valence-electron chi connectivity index (χ0n) is 16.7. The second-order valence-corrected chi connectivity index (χ2v) is 9.22. The smallest absolute Gasteiger partial charge is 0.263 e. The number of hydrogen-bond acceptors (Lipinski definition) is 6. The Labute approximate surface area is 204 Å². The summed E-state index contributed by atoms with van der Waals surface area (Å²) >= 11 is 18.7. The number of nitrogens with one attached hydrogen (secondary N) is 1. The van der Waals surface area contributed by atoms with Crippen molar-refractivity contribution < 1.29 is 14.3 Å². The molecule has 1 fully saturated rings. The number of nitrogens with zero attached hydrogens (tertiary/aromatic N) is 1. The number of methoxy groups -OCH3 is 1. The monoisotopic (exact) mass is 502 g/mol. The molecule has 0 radical (unpaired) electrons. The third-order valence-electron chi connectivity index (χ3n) is 4.56. The highest BCUT2D eigenvalue weighted by atomic mass is 35.5. The Morgan fingerprint density at radius 3 is 2.66 bits per heavy atom. The molecule has 1 saturated heterocycles. The van der Waals surface area contributed by atoms with Crippen molar-refractivity contribution in [2.45, 2.75) is 6.61 Å². The van der Waals surface area contributed by atoms with Crippen molar-refractivity contribution in [3.8, 4) is 22.6 Å². The van der Waals surface area contributed by atoms with Gasteiger partial charge in [-0.25, -0.2) is 0 Å². The Morgan fingerprint density at radius 2 is 2.00 bits per heavy atom. The number of carbonyl (C=O) groups excluding carboxylic acids is 1. The van der Waals surface area contributed by atoms with Crippen LogP contribution < -0.4 is 14.8 Å². The van der Waals surface area contributed by atoms with Gasteiger partial charge in [0.15, 0.2) is 11.5 Å². The third-order valence-corrected chi connectivity index (χ3v) is 6.46. The molecule has 0 bridgehead atoms. The van der Waals surface area contributed by atoms with Gasteiger partial charge in [0.2, 0.25) is 0 Å². The highest BCUT2D eigenvalue weighted by Crippen LogP contribution is 2.42. The molecule has 1 amide bonds. The molecule has 9 heteroatoms. The molecule has 162 valence electrons. The molecule has 1 aliphatic rings. The normalized spacial score (nSPS) is 14.5. The highest BCUT2D eigenvalue weighted by Gasteiger charge is 2.23. The van der Waals surface area contributed by atoms with E-state index in [0.717, 1.165) is 22.4 Å². The summed E-state index contributed by atoms with van der Waals surface area (Å²) in [6.45, 7) is 0.248. The van der Waals surface area contributed by atoms with Gasteiger partial charge in [-0.05, 0) is 53.6 Å². The number of carbonyl (C=O) groups is 1. The van der Waals surface area contributed by atoms with Crippen molar-refractivity contribution in [3.05, 3.63) is 80.9 Å². The first-order valence-electron chi connectivity index (χ1n) is 9.39. The number of rotatable bonds is 6. The SMILES string of the molecule is COc1cc(/C=C2\SC(=S)NC2=O)cc(-c2ccc(Cl)c(Cl)c2)c1OCc1ccccn1. The lowest BCUT2D eigenvalue weighted by Gasteiger charge is -2.17. The number of thiocarbonyl (C=S) groups is 1. The minimum atomic E-state index is -0.231. The van der Waals surface area contributed by atoms with E-state index in [1.54, 1.807) is 37.6 Å². The first kappa shape index (κ1) is 22.6. The van der Waals surface area contributed by atoms with Crippen molar-refractivity contribution >= 4 is 63.5 Å². The topological polar surface area (TPSA) is 60.5 Å². The van der Waals surface area contributed by atoms with E-state index >= 15 is 0 Å². The number of halogens is 2. The predicted octanol–water partition coefficient (Wildman–Crippen LogP) is 6.13. The molecule has 2 heterocycles. The molecule has 0 saturated carbocycles. The fourth-order valence-electron chi connectivity index (χ4n) is 3.09. The number of amides is 1. The average Bonchev–Trinajstić information content (AvgIpc) is 3.11. The van der Waals surface area contributed by atoms with Crippen LogP contribution in [0.2, 0.25) is 10.0 Å². The zero-order valence-corrected chi connectivity index (χ0v) is 19.9. The first-order valence-corrected chi connectivity index (χ1v) is 11.4. The molecule has 0 spiro atoms. The van der Waals surface area contributed by atoms with Gasteiger partial charge in [0.05, 0.1) is 27.8 Å². The molecule has 1 aliphatic heterocycles. The van der Waals surface area contributed by atoms with Gasteiger partial charge < -0.3 is 14.8 Å². The summed E-state index contributed by atoms with van der Waals surface area (Å²) in [6.07, 6.45) is 3.46. The Kier molecular flexibility index (Phi) is 7.01. The molecule has 3 aromatic rings. The largest absolute Gasteiger partial charge is 0.493 e. The summed E-state index contributed by atoms with van der Waals surface area (Å²) in [5.74, 6) is 0.797. The van der Waals surface area contributed by atoms with Crippen LogP contribution in [0.25, 0.3) is 17.2 Å². The van der Waals surface area contributed by atoms with E-state index in [4.69, 9.17) is 44.9 Å². The van der Waals surface area contributed by atoms with E-state index in [1.165, 1.54) is 11.8 Å². The van der Waals surface area contributed by atoms with Crippen LogP contribution in [0.4, 0.5) is 0 Å². The molecule has 4 rings (SSSR count). The van der Waals surface area contributed by atoms with Gasteiger partial charge in [-0.2, -0.15) is 0 Å². The Morgan fingerprint density at radius 1 is 1.16 bits per heavy atom. The lowest BCUT2D eigenvalue weighted by atomic mass is 10.0. The van der Waals surface area contributed by atoms with E-state index in [-0.39, 0.29) is 12.5 Å². The number of aromatic nitrogens is 1. The van der Waals surface area contributed by atoms with Gasteiger partial charge in [-0.15, -0.1) is 0 Å². The molecule has 1 aromatic heterocycles. The minimum Gasteiger partial charge on any atom is -0.493 e. The van der Waals surface area contributed by atoms with E-state index in [0.29, 0.717) is 30.8 Å². The highest BCUT2D eigenvalue weighted by molar-refractivity contribution is 8.26. The molecule has 5 nitrogen and oxygen atoms in total. The van der Waals surface area contributed by atoms with Crippen LogP contribution in [0.15, 0.2) is 59.6 Å². The van der Waals surface area contributed by atoms with Crippen molar-refractivity contribution in [2.75, 3.05) is 7.11 Å². The second kappa shape index (κ2) is 9.92. The van der Waals surface area contributed by atoms with E-state index in [1.807, 2.05) is 30.3 Å². The summed E-state index contributed by atoms with van der Waals surface area (Å²) in [5.41, 5.74) is 3.04. The van der Waals surface area contributed by atoms with Crippen LogP contribution in [0.3, 0.4) is 0 Å². The molecule has 2 aromatic carbocycles.